The number of nitrogens with zero attached hydrogens (tertiary/aromatic N) is 4. The van der Waals surface area contributed by atoms with Crippen molar-refractivity contribution >= 4 is 38.9 Å². The van der Waals surface area contributed by atoms with Gasteiger partial charge in [0.15, 0.2) is 5.82 Å². The van der Waals surface area contributed by atoms with Gasteiger partial charge in [0.2, 0.25) is 4.96 Å². The largest absolute Gasteiger partial charge is 0.422 e. The van der Waals surface area contributed by atoms with E-state index < -0.39 is 5.63 Å². The summed E-state index contributed by atoms with van der Waals surface area (Å²) >= 11 is 1.40. The molecule has 8 nitrogen and oxygen atoms in total. The van der Waals surface area contributed by atoms with Gasteiger partial charge < -0.3 is 9.73 Å². The predicted molar refractivity (Wildman–Crippen MR) is 135 cm³/mol. The van der Waals surface area contributed by atoms with Gasteiger partial charge in [-0.25, -0.2) is 4.79 Å². The van der Waals surface area contributed by atoms with Gasteiger partial charge >= 0.3 is 5.63 Å². The van der Waals surface area contributed by atoms with Gasteiger partial charge in [-0.2, -0.15) is 9.61 Å². The molecule has 0 saturated heterocycles. The normalized spacial score (nSPS) is 11.2. The van der Waals surface area contributed by atoms with Crippen LogP contribution in [0.1, 0.15) is 16.2 Å². The first-order valence-electron chi connectivity index (χ1n) is 10.8. The van der Waals surface area contributed by atoms with Crippen LogP contribution in [-0.4, -0.2) is 25.7 Å². The monoisotopic (exact) mass is 479 g/mol. The van der Waals surface area contributed by atoms with Crippen molar-refractivity contribution in [1.29, 1.82) is 0 Å². The highest BCUT2D eigenvalue weighted by atomic mass is 32.1. The van der Waals surface area contributed by atoms with E-state index in [1.807, 2.05) is 49.4 Å². The second-order valence-corrected chi connectivity index (χ2v) is 8.87. The summed E-state index contributed by atoms with van der Waals surface area (Å²) in [6, 6.07) is 23.5. The predicted octanol–water partition coefficient (Wildman–Crippen LogP) is 5.19. The second kappa shape index (κ2) is 8.30. The molecule has 0 bridgehead atoms. The number of benzene rings is 3. The molecule has 170 valence electrons. The number of hydrogen-bond donors (Lipinski definition) is 1. The molecule has 3 aromatic carbocycles. The van der Waals surface area contributed by atoms with Crippen molar-refractivity contribution in [2.45, 2.75) is 6.92 Å². The molecule has 35 heavy (non-hydrogen) atoms. The van der Waals surface area contributed by atoms with Crippen LogP contribution < -0.4 is 10.9 Å². The molecule has 0 aliphatic carbocycles. The van der Waals surface area contributed by atoms with E-state index in [2.05, 4.69) is 20.6 Å². The van der Waals surface area contributed by atoms with E-state index in [0.717, 1.165) is 16.0 Å². The van der Waals surface area contributed by atoms with E-state index in [1.165, 1.54) is 11.3 Å². The lowest BCUT2D eigenvalue weighted by Gasteiger charge is -2.10. The zero-order chi connectivity index (χ0) is 23.9. The average Bonchev–Trinajstić information content (AvgIpc) is 3.46. The van der Waals surface area contributed by atoms with Crippen molar-refractivity contribution in [3.63, 3.8) is 0 Å². The Hall–Kier alpha value is -4.63. The zero-order valence-electron chi connectivity index (χ0n) is 18.4. The Morgan fingerprint density at radius 1 is 0.943 bits per heavy atom. The molecule has 0 aliphatic rings. The topological polar surface area (TPSA) is 102 Å². The number of rotatable bonds is 4. The van der Waals surface area contributed by atoms with E-state index >= 15 is 0 Å². The van der Waals surface area contributed by atoms with Crippen LogP contribution >= 0.6 is 11.3 Å². The standard InChI is InChI=1S/C26H17N5O3S/c1-15-28-29-26-31(15)30-24(35-26)19-7-3-4-8-21(19)27-23(32)17-12-10-16(11-13-17)20-14-18-6-2-5-9-22(18)34-25(20)33/h2-14H,1H3,(H,27,32). The van der Waals surface area contributed by atoms with Crippen molar-refractivity contribution in [2.75, 3.05) is 5.32 Å². The molecular formula is C26H17N5O3S. The van der Waals surface area contributed by atoms with Crippen LogP contribution in [0.15, 0.2) is 88.1 Å². The van der Waals surface area contributed by atoms with Crippen molar-refractivity contribution in [1.82, 2.24) is 19.8 Å². The Labute approximate surface area is 202 Å². The van der Waals surface area contributed by atoms with Crippen LogP contribution in [0.2, 0.25) is 0 Å². The molecule has 1 N–H and O–H groups in total. The molecule has 0 spiro atoms. The van der Waals surface area contributed by atoms with E-state index in [9.17, 15) is 9.59 Å². The maximum atomic E-state index is 13.0. The number of amides is 1. The fraction of sp³-hybridized carbons (Fsp3) is 0.0385. The minimum absolute atomic E-state index is 0.270. The van der Waals surface area contributed by atoms with Gasteiger partial charge in [0.1, 0.15) is 10.6 Å². The molecule has 0 fully saturated rings. The number of aromatic nitrogens is 4. The highest BCUT2D eigenvalue weighted by molar-refractivity contribution is 7.19. The average molecular weight is 480 g/mol. The summed E-state index contributed by atoms with van der Waals surface area (Å²) < 4.78 is 7.11. The molecule has 6 rings (SSSR count). The number of aryl methyl sites for hydroxylation is 1. The third kappa shape index (κ3) is 3.77. The fourth-order valence-electron chi connectivity index (χ4n) is 3.86. The molecule has 0 unspecified atom stereocenters. The van der Waals surface area contributed by atoms with Crippen LogP contribution in [-0.2, 0) is 0 Å². The summed E-state index contributed by atoms with van der Waals surface area (Å²) in [5, 5.41) is 17.2. The van der Waals surface area contributed by atoms with Crippen molar-refractivity contribution in [3.8, 4) is 21.7 Å². The highest BCUT2D eigenvalue weighted by Gasteiger charge is 2.16. The Balaban J connectivity index is 1.28. The third-order valence-electron chi connectivity index (χ3n) is 5.65. The first-order valence-corrected chi connectivity index (χ1v) is 11.6. The van der Waals surface area contributed by atoms with Crippen LogP contribution in [0, 0.1) is 6.92 Å². The third-order valence-corrected chi connectivity index (χ3v) is 6.58. The van der Waals surface area contributed by atoms with Gasteiger partial charge in [0, 0.05) is 16.5 Å². The summed E-state index contributed by atoms with van der Waals surface area (Å²) in [5.41, 5.74) is 3.13. The van der Waals surface area contributed by atoms with Crippen LogP contribution in [0.25, 0.3) is 37.6 Å². The molecule has 6 aromatic rings. The van der Waals surface area contributed by atoms with Crippen molar-refractivity contribution in [3.05, 3.63) is 101 Å². The number of carbonyl (C=O) groups excluding carboxylic acids is 1. The smallest absolute Gasteiger partial charge is 0.344 e. The Bertz CT molecular complexity index is 1780. The number of hydrogen-bond acceptors (Lipinski definition) is 7. The molecule has 9 heteroatoms. The van der Waals surface area contributed by atoms with E-state index in [4.69, 9.17) is 4.42 Å². The van der Waals surface area contributed by atoms with E-state index in [0.29, 0.717) is 38.7 Å². The molecule has 3 aromatic heterocycles. The maximum absolute atomic E-state index is 13.0. The van der Waals surface area contributed by atoms with Gasteiger partial charge in [0.05, 0.1) is 11.3 Å². The number of anilines is 1. The zero-order valence-corrected chi connectivity index (χ0v) is 19.2. The Morgan fingerprint density at radius 3 is 2.54 bits per heavy atom. The fourth-order valence-corrected chi connectivity index (χ4v) is 4.79. The van der Waals surface area contributed by atoms with E-state index in [1.54, 1.807) is 40.9 Å². The van der Waals surface area contributed by atoms with Crippen LogP contribution in [0.4, 0.5) is 5.69 Å². The quantitative estimate of drug-likeness (QED) is 0.349. The molecule has 0 aliphatic heterocycles. The lowest BCUT2D eigenvalue weighted by Crippen LogP contribution is -2.12. The number of fused-ring (bicyclic) bond motifs is 2. The van der Waals surface area contributed by atoms with E-state index in [-0.39, 0.29) is 5.91 Å². The summed E-state index contributed by atoms with van der Waals surface area (Å²) in [5.74, 6) is 0.429. The minimum atomic E-state index is -0.421. The van der Waals surface area contributed by atoms with Gasteiger partial charge in [-0.05, 0) is 48.9 Å². The maximum Gasteiger partial charge on any atom is 0.344 e. The molecular weight excluding hydrogens is 462 g/mol. The van der Waals surface area contributed by atoms with Crippen LogP contribution in [0.3, 0.4) is 0 Å². The Morgan fingerprint density at radius 2 is 1.71 bits per heavy atom. The van der Waals surface area contributed by atoms with Gasteiger partial charge in [-0.3, -0.25) is 4.79 Å². The van der Waals surface area contributed by atoms with Gasteiger partial charge in [-0.15, -0.1) is 10.2 Å². The lowest BCUT2D eigenvalue weighted by atomic mass is 10.0. The number of carbonyl (C=O) groups is 1. The first-order chi connectivity index (χ1) is 17.1. The summed E-state index contributed by atoms with van der Waals surface area (Å²) in [6.07, 6.45) is 0. The minimum Gasteiger partial charge on any atom is -0.422 e. The molecule has 1 amide bonds. The summed E-state index contributed by atoms with van der Waals surface area (Å²) in [7, 11) is 0. The Kier molecular flexibility index (Phi) is 4.97. The molecule has 0 atom stereocenters. The lowest BCUT2D eigenvalue weighted by molar-refractivity contribution is 0.102. The van der Waals surface area contributed by atoms with Gasteiger partial charge in [0.25, 0.3) is 5.91 Å². The van der Waals surface area contributed by atoms with Crippen molar-refractivity contribution < 1.29 is 9.21 Å². The van der Waals surface area contributed by atoms with Crippen molar-refractivity contribution in [2.24, 2.45) is 0 Å². The van der Waals surface area contributed by atoms with Crippen LogP contribution in [0.5, 0.6) is 0 Å². The van der Waals surface area contributed by atoms with Gasteiger partial charge in [-0.1, -0.05) is 53.8 Å². The summed E-state index contributed by atoms with van der Waals surface area (Å²) in [4.78, 5) is 26.2. The SMILES string of the molecule is Cc1nnc2sc(-c3ccccc3NC(=O)c3ccc(-c4cc5ccccc5oc4=O)cc3)nn12. The first kappa shape index (κ1) is 20.9. The second-order valence-electron chi connectivity index (χ2n) is 7.91. The number of para-hydroxylation sites is 2. The number of nitrogens with one attached hydrogen (secondary N) is 1. The molecule has 0 saturated carbocycles. The summed E-state index contributed by atoms with van der Waals surface area (Å²) in [6.45, 7) is 1.84. The molecule has 0 radical (unpaired) electrons. The highest BCUT2D eigenvalue weighted by Crippen LogP contribution is 2.32. The molecule has 3 heterocycles.